The Hall–Kier alpha value is -1.61. The van der Waals surface area contributed by atoms with E-state index < -0.39 is 18.4 Å². The molecule has 0 aliphatic carbocycles. The molecule has 0 radical (unpaired) electrons. The molecule has 1 rings (SSSR count). The summed E-state index contributed by atoms with van der Waals surface area (Å²) in [5, 5.41) is 8.60. The molecule has 0 unspecified atom stereocenters. The topological polar surface area (TPSA) is 33.0 Å². The third-order valence-corrected chi connectivity index (χ3v) is 2.10. The van der Waals surface area contributed by atoms with Crippen LogP contribution in [0.25, 0.3) is 0 Å². The first-order valence-corrected chi connectivity index (χ1v) is 5.25. The Kier molecular flexibility index (Phi) is 5.10. The van der Waals surface area contributed by atoms with Crippen molar-refractivity contribution in [2.24, 2.45) is 0 Å². The minimum absolute atomic E-state index is 0.00963. The highest BCUT2D eigenvalue weighted by Gasteiger charge is 2.25. The third kappa shape index (κ3) is 5.64. The Morgan fingerprint density at radius 2 is 1.94 bits per heavy atom. The number of rotatable bonds is 5. The van der Waals surface area contributed by atoms with Crippen molar-refractivity contribution in [3.63, 3.8) is 0 Å². The Balaban J connectivity index is 2.36. The van der Waals surface area contributed by atoms with Gasteiger partial charge in [0.15, 0.2) is 0 Å². The molecule has 0 bridgehead atoms. The zero-order chi connectivity index (χ0) is 13.6. The van der Waals surface area contributed by atoms with Crippen LogP contribution in [0.2, 0.25) is 0 Å². The van der Waals surface area contributed by atoms with Gasteiger partial charge in [-0.25, -0.2) is 4.39 Å². The van der Waals surface area contributed by atoms with Crippen LogP contribution in [0, 0.1) is 17.1 Å². The van der Waals surface area contributed by atoms with Crippen molar-refractivity contribution in [2.45, 2.75) is 25.6 Å². The number of hydrogen-bond donors (Lipinski definition) is 0. The number of halogens is 4. The summed E-state index contributed by atoms with van der Waals surface area (Å²) in [6, 6.07) is 5.48. The predicted molar refractivity (Wildman–Crippen MR) is 56.1 cm³/mol. The lowest BCUT2D eigenvalue weighted by Crippen LogP contribution is -2.08. The summed E-state index contributed by atoms with van der Waals surface area (Å²) >= 11 is 0. The number of hydrogen-bond acceptors (Lipinski definition) is 2. The summed E-state index contributed by atoms with van der Waals surface area (Å²) < 4.78 is 53.4. The maximum absolute atomic E-state index is 13.0. The Morgan fingerprint density at radius 1 is 1.22 bits per heavy atom. The first kappa shape index (κ1) is 14.5. The molecular weight excluding hydrogens is 250 g/mol. The van der Waals surface area contributed by atoms with Crippen LogP contribution < -0.4 is 0 Å². The highest BCUT2D eigenvalue weighted by Crippen LogP contribution is 2.21. The third-order valence-electron chi connectivity index (χ3n) is 2.10. The Morgan fingerprint density at radius 3 is 2.56 bits per heavy atom. The van der Waals surface area contributed by atoms with Crippen LogP contribution >= 0.6 is 0 Å². The summed E-state index contributed by atoms with van der Waals surface area (Å²) in [6.07, 6.45) is -5.22. The van der Waals surface area contributed by atoms with Crippen molar-refractivity contribution >= 4 is 0 Å². The molecule has 98 valence electrons. The van der Waals surface area contributed by atoms with Gasteiger partial charge in [0.25, 0.3) is 0 Å². The fourth-order valence-electron chi connectivity index (χ4n) is 1.36. The van der Waals surface area contributed by atoms with Crippen LogP contribution in [0.3, 0.4) is 0 Å². The van der Waals surface area contributed by atoms with Crippen LogP contribution in [0.1, 0.15) is 24.0 Å². The highest BCUT2D eigenvalue weighted by molar-refractivity contribution is 5.33. The van der Waals surface area contributed by atoms with Crippen molar-refractivity contribution in [2.75, 3.05) is 6.61 Å². The van der Waals surface area contributed by atoms with Crippen molar-refractivity contribution in [3.05, 3.63) is 35.1 Å². The molecule has 0 spiro atoms. The second-order valence-corrected chi connectivity index (χ2v) is 3.73. The van der Waals surface area contributed by atoms with E-state index in [1.165, 1.54) is 12.1 Å². The molecule has 0 saturated carbocycles. The van der Waals surface area contributed by atoms with Crippen molar-refractivity contribution in [1.82, 2.24) is 0 Å². The highest BCUT2D eigenvalue weighted by atomic mass is 19.4. The molecule has 0 saturated heterocycles. The number of benzene rings is 1. The van der Waals surface area contributed by atoms with Gasteiger partial charge in [0.05, 0.1) is 18.2 Å². The van der Waals surface area contributed by atoms with Gasteiger partial charge in [-0.05, 0) is 30.2 Å². The maximum Gasteiger partial charge on any atom is 0.389 e. The summed E-state index contributed by atoms with van der Waals surface area (Å²) in [7, 11) is 0. The maximum atomic E-state index is 13.0. The summed E-state index contributed by atoms with van der Waals surface area (Å²) in [5.74, 6) is -0.567. The molecule has 6 heteroatoms. The van der Waals surface area contributed by atoms with E-state index in [2.05, 4.69) is 0 Å². The zero-order valence-electron chi connectivity index (χ0n) is 9.43. The average Bonchev–Trinajstić information content (AvgIpc) is 2.26. The molecule has 1 aromatic rings. The second-order valence-electron chi connectivity index (χ2n) is 3.73. The first-order valence-electron chi connectivity index (χ1n) is 5.25. The van der Waals surface area contributed by atoms with Gasteiger partial charge < -0.3 is 4.74 Å². The largest absolute Gasteiger partial charge is 0.389 e. The van der Waals surface area contributed by atoms with E-state index in [0.29, 0.717) is 5.56 Å². The van der Waals surface area contributed by atoms with Gasteiger partial charge in [-0.15, -0.1) is 0 Å². The van der Waals surface area contributed by atoms with Crippen LogP contribution in [-0.4, -0.2) is 12.8 Å². The van der Waals surface area contributed by atoms with E-state index >= 15 is 0 Å². The van der Waals surface area contributed by atoms with Gasteiger partial charge in [0, 0.05) is 13.0 Å². The van der Waals surface area contributed by atoms with Gasteiger partial charge in [0.1, 0.15) is 5.82 Å². The molecule has 0 atom stereocenters. The molecule has 0 aliphatic heterocycles. The predicted octanol–water partition coefficient (Wildman–Crippen LogP) is 3.56. The lowest BCUT2D eigenvalue weighted by molar-refractivity contribution is -0.138. The van der Waals surface area contributed by atoms with Gasteiger partial charge in [-0.3, -0.25) is 0 Å². The number of nitriles is 1. The number of ether oxygens (including phenoxy) is 1. The molecule has 0 fully saturated rings. The van der Waals surface area contributed by atoms with E-state index in [9.17, 15) is 17.6 Å². The van der Waals surface area contributed by atoms with Crippen molar-refractivity contribution in [3.8, 4) is 6.07 Å². The Labute approximate surface area is 102 Å². The smallest absolute Gasteiger partial charge is 0.377 e. The monoisotopic (exact) mass is 261 g/mol. The molecule has 0 N–H and O–H groups in total. The number of nitrogens with zero attached hydrogens (tertiary/aromatic N) is 1. The SMILES string of the molecule is N#Cc1cc(F)cc(COCCCC(F)(F)F)c1. The van der Waals surface area contributed by atoms with Gasteiger partial charge in [-0.1, -0.05) is 0 Å². The Bertz CT molecular complexity index is 437. The zero-order valence-corrected chi connectivity index (χ0v) is 9.43. The molecule has 18 heavy (non-hydrogen) atoms. The molecule has 0 heterocycles. The minimum Gasteiger partial charge on any atom is -0.377 e. The molecule has 1 aromatic carbocycles. The quantitative estimate of drug-likeness (QED) is 0.599. The fraction of sp³-hybridized carbons (Fsp3) is 0.417. The van der Waals surface area contributed by atoms with Crippen molar-refractivity contribution in [1.29, 1.82) is 5.26 Å². The second kappa shape index (κ2) is 6.36. The standard InChI is InChI=1S/C12H11F4NO/c13-11-5-9(7-17)4-10(6-11)8-18-3-1-2-12(14,15)16/h4-6H,1-3,8H2. The van der Waals surface area contributed by atoms with Gasteiger partial charge >= 0.3 is 6.18 Å². The van der Waals surface area contributed by atoms with Gasteiger partial charge in [-0.2, -0.15) is 18.4 Å². The summed E-state index contributed by atoms with van der Waals surface area (Å²) in [4.78, 5) is 0. The van der Waals surface area contributed by atoms with E-state index in [4.69, 9.17) is 10.00 Å². The molecule has 2 nitrogen and oxygen atoms in total. The van der Waals surface area contributed by atoms with E-state index in [1.54, 1.807) is 6.07 Å². The molecule has 0 aliphatic rings. The van der Waals surface area contributed by atoms with Crippen LogP contribution in [0.15, 0.2) is 18.2 Å². The van der Waals surface area contributed by atoms with E-state index in [1.807, 2.05) is 0 Å². The lowest BCUT2D eigenvalue weighted by atomic mass is 10.1. The van der Waals surface area contributed by atoms with Crippen LogP contribution in [0.4, 0.5) is 17.6 Å². The van der Waals surface area contributed by atoms with E-state index in [-0.39, 0.29) is 25.2 Å². The molecular formula is C12H11F4NO. The number of alkyl halides is 3. The van der Waals surface area contributed by atoms with Crippen LogP contribution in [-0.2, 0) is 11.3 Å². The van der Waals surface area contributed by atoms with Gasteiger partial charge in [0.2, 0.25) is 0 Å². The minimum atomic E-state index is -4.18. The lowest BCUT2D eigenvalue weighted by Gasteiger charge is -2.07. The van der Waals surface area contributed by atoms with E-state index in [0.717, 1.165) is 6.07 Å². The van der Waals surface area contributed by atoms with Crippen LogP contribution in [0.5, 0.6) is 0 Å². The van der Waals surface area contributed by atoms with Crippen molar-refractivity contribution < 1.29 is 22.3 Å². The average molecular weight is 261 g/mol. The summed E-state index contributed by atoms with van der Waals surface area (Å²) in [5.41, 5.74) is 0.586. The summed E-state index contributed by atoms with van der Waals surface area (Å²) in [6.45, 7) is -0.0673. The molecule has 0 aromatic heterocycles. The fourth-order valence-corrected chi connectivity index (χ4v) is 1.36. The normalized spacial score (nSPS) is 11.3. The first-order chi connectivity index (χ1) is 8.40. The molecule has 0 amide bonds.